The number of nitrogens with one attached hydrogen (secondary N) is 1. The predicted octanol–water partition coefficient (Wildman–Crippen LogP) is 3.81. The normalized spacial score (nSPS) is 19.5. The molecule has 0 saturated heterocycles. The van der Waals surface area contributed by atoms with Crippen LogP contribution in [-0.4, -0.2) is 19.4 Å². The van der Waals surface area contributed by atoms with E-state index in [0.29, 0.717) is 11.7 Å². The Kier molecular flexibility index (Phi) is 7.30. The molecule has 0 aliphatic heterocycles. The van der Waals surface area contributed by atoms with Crippen LogP contribution in [0.1, 0.15) is 70.6 Å². The molecule has 1 aromatic heterocycles. The molecule has 6 heteroatoms. The van der Waals surface area contributed by atoms with Crippen LogP contribution in [0.2, 0.25) is 0 Å². The minimum atomic E-state index is -3.75. The van der Waals surface area contributed by atoms with Crippen LogP contribution in [0.15, 0.2) is 23.4 Å². The molecule has 1 fully saturated rings. The van der Waals surface area contributed by atoms with Crippen molar-refractivity contribution in [2.45, 2.75) is 81.6 Å². The van der Waals surface area contributed by atoms with Crippen molar-refractivity contribution >= 4 is 15.7 Å². The van der Waals surface area contributed by atoms with E-state index in [1.807, 2.05) is 0 Å². The molecular formula is C17H29N3O2S. The Morgan fingerprint density at radius 2 is 1.48 bits per heavy atom. The highest BCUT2D eigenvalue weighted by molar-refractivity contribution is 7.89. The minimum absolute atomic E-state index is 0.0890. The summed E-state index contributed by atoms with van der Waals surface area (Å²) in [5.74, 6) is 0. The third-order valence-electron chi connectivity index (χ3n) is 4.56. The van der Waals surface area contributed by atoms with E-state index < -0.39 is 10.0 Å². The van der Waals surface area contributed by atoms with E-state index in [0.717, 1.165) is 12.8 Å². The molecule has 2 rings (SSSR count). The Bertz CT molecular complexity index is 563. The first-order valence-electron chi connectivity index (χ1n) is 8.81. The van der Waals surface area contributed by atoms with Crippen LogP contribution in [0.4, 0.5) is 5.69 Å². The first-order valence-corrected chi connectivity index (χ1v) is 10.4. The number of nitrogens with zero attached hydrogens (tertiary/aromatic N) is 1. The van der Waals surface area contributed by atoms with Crippen LogP contribution in [-0.2, 0) is 10.0 Å². The maximum Gasteiger partial charge on any atom is 0.241 e. The van der Waals surface area contributed by atoms with Gasteiger partial charge in [-0.3, -0.25) is 4.98 Å². The third kappa shape index (κ3) is 6.47. The molecule has 1 heterocycles. The summed E-state index contributed by atoms with van der Waals surface area (Å²) in [5, 5.41) is 8.70. The summed E-state index contributed by atoms with van der Waals surface area (Å²) in [5.41, 5.74) is 0.583. The maximum absolute atomic E-state index is 11.7. The van der Waals surface area contributed by atoms with Gasteiger partial charge < -0.3 is 5.32 Å². The van der Waals surface area contributed by atoms with Gasteiger partial charge in [0.15, 0.2) is 0 Å². The van der Waals surface area contributed by atoms with Crippen molar-refractivity contribution in [3.63, 3.8) is 0 Å². The Balaban J connectivity index is 2.03. The van der Waals surface area contributed by atoms with E-state index >= 15 is 0 Å². The van der Waals surface area contributed by atoms with Gasteiger partial charge in [-0.2, -0.15) is 0 Å². The molecule has 0 bridgehead atoms. The van der Waals surface area contributed by atoms with E-state index in [2.05, 4.69) is 10.3 Å². The number of sulfonamides is 1. The van der Waals surface area contributed by atoms with Gasteiger partial charge in [0.2, 0.25) is 10.0 Å². The average Bonchev–Trinajstić information content (AvgIpc) is 2.49. The molecule has 0 aromatic carbocycles. The zero-order valence-corrected chi connectivity index (χ0v) is 14.7. The molecule has 23 heavy (non-hydrogen) atoms. The van der Waals surface area contributed by atoms with E-state index in [4.69, 9.17) is 5.14 Å². The number of hydrogen-bond acceptors (Lipinski definition) is 4. The van der Waals surface area contributed by atoms with Crippen molar-refractivity contribution in [3.05, 3.63) is 18.5 Å². The van der Waals surface area contributed by atoms with E-state index in [1.165, 1.54) is 64.0 Å². The quantitative estimate of drug-likeness (QED) is 0.877. The van der Waals surface area contributed by atoms with Crippen molar-refractivity contribution in [2.75, 3.05) is 5.32 Å². The van der Waals surface area contributed by atoms with Crippen molar-refractivity contribution in [1.82, 2.24) is 4.98 Å². The summed E-state index contributed by atoms with van der Waals surface area (Å²) in [4.78, 5) is 3.98. The van der Waals surface area contributed by atoms with Crippen molar-refractivity contribution < 1.29 is 8.42 Å². The molecule has 0 amide bonds. The van der Waals surface area contributed by atoms with E-state index in [1.54, 1.807) is 12.3 Å². The minimum Gasteiger partial charge on any atom is -0.381 e. The van der Waals surface area contributed by atoms with Crippen LogP contribution in [0.25, 0.3) is 0 Å². The summed E-state index contributed by atoms with van der Waals surface area (Å²) >= 11 is 0. The van der Waals surface area contributed by atoms with Gasteiger partial charge in [0.05, 0.1) is 5.69 Å². The number of aromatic nitrogens is 1. The first kappa shape index (κ1) is 18.2. The topological polar surface area (TPSA) is 85.1 Å². The van der Waals surface area contributed by atoms with Gasteiger partial charge in [-0.05, 0) is 18.9 Å². The summed E-state index contributed by atoms with van der Waals surface area (Å²) < 4.78 is 23.4. The number of nitrogens with two attached hydrogens (primary N) is 1. The van der Waals surface area contributed by atoms with Gasteiger partial charge in [-0.25, -0.2) is 13.6 Å². The van der Waals surface area contributed by atoms with Crippen molar-refractivity contribution in [2.24, 2.45) is 5.14 Å². The molecule has 0 atom stereocenters. The van der Waals surface area contributed by atoms with Gasteiger partial charge >= 0.3 is 0 Å². The zero-order valence-electron chi connectivity index (χ0n) is 13.8. The average molecular weight is 340 g/mol. The first-order chi connectivity index (χ1) is 11.1. The number of rotatable bonds is 3. The maximum atomic E-state index is 11.7. The second-order valence-electron chi connectivity index (χ2n) is 6.52. The molecule has 0 unspecified atom stereocenters. The monoisotopic (exact) mass is 339 g/mol. The van der Waals surface area contributed by atoms with E-state index in [-0.39, 0.29) is 4.90 Å². The highest BCUT2D eigenvalue weighted by atomic mass is 32.2. The fourth-order valence-electron chi connectivity index (χ4n) is 3.25. The Hall–Kier alpha value is -1.14. The smallest absolute Gasteiger partial charge is 0.241 e. The SMILES string of the molecule is NS(=O)(=O)c1cnccc1NC1CCCCCCCCCCC1. The fourth-order valence-corrected chi connectivity index (χ4v) is 3.89. The number of primary sulfonamides is 1. The van der Waals surface area contributed by atoms with Gasteiger partial charge in [0.1, 0.15) is 4.90 Å². The molecule has 1 saturated carbocycles. The van der Waals surface area contributed by atoms with Crippen LogP contribution in [0.5, 0.6) is 0 Å². The summed E-state index contributed by atoms with van der Waals surface area (Å²) in [6, 6.07) is 2.01. The summed E-state index contributed by atoms with van der Waals surface area (Å²) in [7, 11) is -3.75. The van der Waals surface area contributed by atoms with Crippen molar-refractivity contribution in [3.8, 4) is 0 Å². The molecule has 3 N–H and O–H groups in total. The molecule has 5 nitrogen and oxygen atoms in total. The highest BCUT2D eigenvalue weighted by Gasteiger charge is 2.17. The van der Waals surface area contributed by atoms with Crippen LogP contribution in [0, 0.1) is 0 Å². The Morgan fingerprint density at radius 3 is 2.00 bits per heavy atom. The second kappa shape index (κ2) is 9.23. The van der Waals surface area contributed by atoms with Gasteiger partial charge in [0, 0.05) is 18.4 Å². The highest BCUT2D eigenvalue weighted by Crippen LogP contribution is 2.23. The van der Waals surface area contributed by atoms with Gasteiger partial charge in [-0.1, -0.05) is 57.8 Å². The number of pyridine rings is 1. The lowest BCUT2D eigenvalue weighted by molar-refractivity contribution is 0.479. The van der Waals surface area contributed by atoms with Gasteiger partial charge in [-0.15, -0.1) is 0 Å². The number of anilines is 1. The molecule has 1 aliphatic carbocycles. The molecule has 0 radical (unpaired) electrons. The second-order valence-corrected chi connectivity index (χ2v) is 8.05. The Labute approximate surface area is 140 Å². The molecular weight excluding hydrogens is 310 g/mol. The van der Waals surface area contributed by atoms with Gasteiger partial charge in [0.25, 0.3) is 0 Å². The molecule has 1 aromatic rings. The fraction of sp³-hybridized carbons (Fsp3) is 0.706. The predicted molar refractivity (Wildman–Crippen MR) is 93.8 cm³/mol. The standard InChI is InChI=1S/C17H29N3O2S/c18-23(21,22)17-14-19-13-12-16(17)20-15-10-8-6-4-2-1-3-5-7-9-11-15/h12-15H,1-11H2,(H,19,20)(H2,18,21,22). The van der Waals surface area contributed by atoms with Crippen LogP contribution < -0.4 is 10.5 Å². The van der Waals surface area contributed by atoms with E-state index in [9.17, 15) is 8.42 Å². The molecule has 1 aliphatic rings. The lowest BCUT2D eigenvalue weighted by atomic mass is 9.98. The summed E-state index contributed by atoms with van der Waals surface area (Å²) in [6.07, 6.45) is 16.7. The third-order valence-corrected chi connectivity index (χ3v) is 5.49. The number of hydrogen-bond donors (Lipinski definition) is 2. The largest absolute Gasteiger partial charge is 0.381 e. The zero-order chi connectivity index (χ0) is 16.5. The summed E-state index contributed by atoms with van der Waals surface area (Å²) in [6.45, 7) is 0. The molecule has 130 valence electrons. The lowest BCUT2D eigenvalue weighted by Crippen LogP contribution is -2.23. The van der Waals surface area contributed by atoms with Crippen LogP contribution in [0.3, 0.4) is 0 Å². The van der Waals surface area contributed by atoms with Crippen LogP contribution >= 0.6 is 0 Å². The molecule has 0 spiro atoms. The van der Waals surface area contributed by atoms with Crippen molar-refractivity contribution in [1.29, 1.82) is 0 Å². The lowest BCUT2D eigenvalue weighted by Gasteiger charge is -2.22. The Morgan fingerprint density at radius 1 is 0.957 bits per heavy atom.